The van der Waals surface area contributed by atoms with Crippen LogP contribution in [0.1, 0.15) is 77.7 Å². The quantitative estimate of drug-likeness (QED) is 0.520. The van der Waals surface area contributed by atoms with Gasteiger partial charge in [-0.1, -0.05) is 64.1 Å². The molecule has 4 rings (SSSR count). The van der Waals surface area contributed by atoms with E-state index < -0.39 is 12.1 Å². The molecule has 0 unspecified atom stereocenters. The lowest BCUT2D eigenvalue weighted by atomic mass is 9.93. The number of nitrogens with one attached hydrogen (secondary N) is 1. The molecule has 1 aliphatic rings. The van der Waals surface area contributed by atoms with Gasteiger partial charge in [0, 0.05) is 29.9 Å². The third kappa shape index (κ3) is 5.87. The number of carbonyl (C=O) groups is 2. The standard InChI is InChI=1S/C28H37N7O2/c1-18(2)25(35-16-24(32-33-35)28(4,5)6)27(37)34-15-7-8-23(34)26(36)31-19(3)20-9-11-21(12-10-20)22-13-14-29-17-30-22/h9-14,16-19,23,25H,7-8,15H2,1-6H3,(H,31,36)/t19-,23-,25-/m0/s1. The van der Waals surface area contributed by atoms with Crippen LogP contribution < -0.4 is 5.32 Å². The molecule has 9 nitrogen and oxygen atoms in total. The molecule has 3 aromatic rings. The largest absolute Gasteiger partial charge is 0.348 e. The number of aromatic nitrogens is 5. The van der Waals surface area contributed by atoms with Crippen LogP contribution >= 0.6 is 0 Å². The maximum absolute atomic E-state index is 13.7. The van der Waals surface area contributed by atoms with Crippen molar-refractivity contribution in [3.8, 4) is 11.3 Å². The number of hydrogen-bond donors (Lipinski definition) is 1. The average molecular weight is 504 g/mol. The summed E-state index contributed by atoms with van der Waals surface area (Å²) in [5.41, 5.74) is 3.49. The summed E-state index contributed by atoms with van der Waals surface area (Å²) in [5, 5.41) is 11.7. The summed E-state index contributed by atoms with van der Waals surface area (Å²) in [6.45, 7) is 12.7. The Kier molecular flexibility index (Phi) is 7.71. The molecule has 3 atom stereocenters. The summed E-state index contributed by atoms with van der Waals surface area (Å²) in [6.07, 6.45) is 6.54. The van der Waals surface area contributed by atoms with Crippen molar-refractivity contribution in [3.63, 3.8) is 0 Å². The summed E-state index contributed by atoms with van der Waals surface area (Å²) in [4.78, 5) is 37.0. The van der Waals surface area contributed by atoms with E-state index in [4.69, 9.17) is 0 Å². The molecule has 1 aromatic carbocycles. The van der Waals surface area contributed by atoms with E-state index in [0.29, 0.717) is 13.0 Å². The summed E-state index contributed by atoms with van der Waals surface area (Å²) < 4.78 is 1.67. The first-order valence-corrected chi connectivity index (χ1v) is 13.0. The van der Waals surface area contributed by atoms with Crippen LogP contribution in [-0.2, 0) is 15.0 Å². The Morgan fingerprint density at radius 3 is 2.41 bits per heavy atom. The summed E-state index contributed by atoms with van der Waals surface area (Å²) in [5.74, 6) is -0.215. The van der Waals surface area contributed by atoms with E-state index in [9.17, 15) is 9.59 Å². The molecule has 37 heavy (non-hydrogen) atoms. The van der Waals surface area contributed by atoms with Crippen LogP contribution in [0.3, 0.4) is 0 Å². The molecule has 0 bridgehead atoms. The van der Waals surface area contributed by atoms with Crippen LogP contribution in [0, 0.1) is 5.92 Å². The fraction of sp³-hybridized carbons (Fsp3) is 0.500. The second kappa shape index (κ2) is 10.8. The first-order chi connectivity index (χ1) is 17.6. The average Bonchev–Trinajstić information content (AvgIpc) is 3.55. The molecule has 1 N–H and O–H groups in total. The van der Waals surface area contributed by atoms with Gasteiger partial charge in [-0.2, -0.15) is 0 Å². The highest BCUT2D eigenvalue weighted by atomic mass is 16.2. The molecule has 0 saturated carbocycles. The number of carbonyl (C=O) groups excluding carboxylic acids is 2. The Bertz CT molecular complexity index is 1220. The van der Waals surface area contributed by atoms with Crippen LogP contribution in [0.5, 0.6) is 0 Å². The minimum absolute atomic E-state index is 0.00125. The molecule has 0 aliphatic carbocycles. The molecule has 196 valence electrons. The van der Waals surface area contributed by atoms with Crippen molar-refractivity contribution in [1.29, 1.82) is 0 Å². The zero-order valence-electron chi connectivity index (χ0n) is 22.5. The maximum atomic E-state index is 13.7. The SMILES string of the molecule is CC(C)[C@@H](C(=O)N1CCC[C@H]1C(=O)N[C@@H](C)c1ccc(-c2ccncn2)cc1)n1cc(C(C)(C)C)nn1. The Morgan fingerprint density at radius 2 is 1.81 bits per heavy atom. The normalized spacial score (nSPS) is 17.6. The number of amides is 2. The molecule has 2 amide bonds. The number of likely N-dealkylation sites (tertiary alicyclic amines) is 1. The van der Waals surface area contributed by atoms with Crippen molar-refractivity contribution in [3.05, 3.63) is 60.3 Å². The van der Waals surface area contributed by atoms with Gasteiger partial charge in [-0.05, 0) is 37.3 Å². The molecular formula is C28H37N7O2. The summed E-state index contributed by atoms with van der Waals surface area (Å²) >= 11 is 0. The van der Waals surface area contributed by atoms with Crippen molar-refractivity contribution in [2.45, 2.75) is 77.9 Å². The third-order valence-corrected chi connectivity index (χ3v) is 6.93. The number of nitrogens with zero attached hydrogens (tertiary/aromatic N) is 6. The number of rotatable bonds is 7. The van der Waals surface area contributed by atoms with Gasteiger partial charge in [0.2, 0.25) is 11.8 Å². The monoisotopic (exact) mass is 503 g/mol. The van der Waals surface area contributed by atoms with Gasteiger partial charge in [0.1, 0.15) is 18.4 Å². The van der Waals surface area contributed by atoms with E-state index in [1.54, 1.807) is 15.8 Å². The minimum atomic E-state index is -0.510. The second-order valence-electron chi connectivity index (χ2n) is 11.2. The van der Waals surface area contributed by atoms with Gasteiger partial charge in [0.05, 0.1) is 17.4 Å². The third-order valence-electron chi connectivity index (χ3n) is 6.93. The van der Waals surface area contributed by atoms with Crippen LogP contribution in [0.2, 0.25) is 0 Å². The van der Waals surface area contributed by atoms with Crippen LogP contribution in [0.15, 0.2) is 49.1 Å². The smallest absolute Gasteiger partial charge is 0.248 e. The molecule has 9 heteroatoms. The first kappa shape index (κ1) is 26.4. The Labute approximate surface area is 218 Å². The van der Waals surface area contributed by atoms with Gasteiger partial charge in [-0.25, -0.2) is 14.6 Å². The molecule has 3 heterocycles. The van der Waals surface area contributed by atoms with E-state index in [1.165, 1.54) is 6.33 Å². The Balaban J connectivity index is 1.45. The number of hydrogen-bond acceptors (Lipinski definition) is 6. The predicted molar refractivity (Wildman–Crippen MR) is 141 cm³/mol. The molecule has 1 aliphatic heterocycles. The number of benzene rings is 1. The van der Waals surface area contributed by atoms with Gasteiger partial charge in [-0.3, -0.25) is 9.59 Å². The van der Waals surface area contributed by atoms with Gasteiger partial charge < -0.3 is 10.2 Å². The highest BCUT2D eigenvalue weighted by Crippen LogP contribution is 2.28. The van der Waals surface area contributed by atoms with Gasteiger partial charge >= 0.3 is 0 Å². The molecule has 0 radical (unpaired) electrons. The molecule has 2 aromatic heterocycles. The van der Waals surface area contributed by atoms with Crippen molar-refractivity contribution in [2.24, 2.45) is 5.92 Å². The van der Waals surface area contributed by atoms with E-state index in [1.807, 2.05) is 57.3 Å². The van der Waals surface area contributed by atoms with Crippen LogP contribution in [0.25, 0.3) is 11.3 Å². The van der Waals surface area contributed by atoms with E-state index in [-0.39, 0.29) is 29.2 Å². The van der Waals surface area contributed by atoms with E-state index in [0.717, 1.165) is 28.9 Å². The van der Waals surface area contributed by atoms with E-state index in [2.05, 4.69) is 46.4 Å². The van der Waals surface area contributed by atoms with E-state index >= 15 is 0 Å². The van der Waals surface area contributed by atoms with Gasteiger partial charge in [-0.15, -0.1) is 5.10 Å². The van der Waals surface area contributed by atoms with Gasteiger partial charge in [0.15, 0.2) is 0 Å². The lowest BCUT2D eigenvalue weighted by Gasteiger charge is -2.30. The fourth-order valence-corrected chi connectivity index (χ4v) is 4.73. The summed E-state index contributed by atoms with van der Waals surface area (Å²) in [7, 11) is 0. The molecule has 1 saturated heterocycles. The highest BCUT2D eigenvalue weighted by Gasteiger charge is 2.39. The first-order valence-electron chi connectivity index (χ1n) is 13.0. The Morgan fingerprint density at radius 1 is 1.08 bits per heavy atom. The molecule has 1 fully saturated rings. The van der Waals surface area contributed by atoms with Crippen molar-refractivity contribution in [1.82, 2.24) is 35.2 Å². The minimum Gasteiger partial charge on any atom is -0.348 e. The predicted octanol–water partition coefficient (Wildman–Crippen LogP) is 4.10. The van der Waals surface area contributed by atoms with Crippen LogP contribution in [0.4, 0.5) is 0 Å². The van der Waals surface area contributed by atoms with Crippen LogP contribution in [-0.4, -0.2) is 54.3 Å². The van der Waals surface area contributed by atoms with Crippen molar-refractivity contribution in [2.75, 3.05) is 6.54 Å². The fourth-order valence-electron chi connectivity index (χ4n) is 4.73. The lowest BCUT2D eigenvalue weighted by molar-refractivity contribution is -0.142. The molecular weight excluding hydrogens is 466 g/mol. The highest BCUT2D eigenvalue weighted by molar-refractivity contribution is 5.90. The second-order valence-corrected chi connectivity index (χ2v) is 11.2. The topological polar surface area (TPSA) is 106 Å². The summed E-state index contributed by atoms with van der Waals surface area (Å²) in [6, 6.07) is 8.62. The maximum Gasteiger partial charge on any atom is 0.248 e. The lowest BCUT2D eigenvalue weighted by Crippen LogP contribution is -2.49. The van der Waals surface area contributed by atoms with Crippen molar-refractivity contribution < 1.29 is 9.59 Å². The zero-order chi connectivity index (χ0) is 26.7. The Hall–Kier alpha value is -3.62. The van der Waals surface area contributed by atoms with Crippen molar-refractivity contribution >= 4 is 11.8 Å². The zero-order valence-corrected chi connectivity index (χ0v) is 22.5. The molecule has 0 spiro atoms. The van der Waals surface area contributed by atoms with Gasteiger partial charge in [0.25, 0.3) is 0 Å².